The third-order valence-electron chi connectivity index (χ3n) is 4.40. The van der Waals surface area contributed by atoms with Gasteiger partial charge < -0.3 is 19.7 Å². The SMILES string of the molecule is C=CCOc1ccc(CNCCCN(CCCC)CCCC)cc1OC.Cl.Cl. The van der Waals surface area contributed by atoms with Crippen LogP contribution in [-0.2, 0) is 6.54 Å². The molecule has 0 amide bonds. The van der Waals surface area contributed by atoms with Crippen LogP contribution in [0, 0.1) is 0 Å². The van der Waals surface area contributed by atoms with Crippen LogP contribution in [0.25, 0.3) is 0 Å². The molecule has 0 aliphatic heterocycles. The lowest BCUT2D eigenvalue weighted by Gasteiger charge is -2.22. The van der Waals surface area contributed by atoms with Crippen LogP contribution in [0.3, 0.4) is 0 Å². The third-order valence-corrected chi connectivity index (χ3v) is 4.40. The predicted octanol–water partition coefficient (Wildman–Crippen LogP) is 5.49. The van der Waals surface area contributed by atoms with Gasteiger partial charge >= 0.3 is 0 Å². The van der Waals surface area contributed by atoms with E-state index < -0.39 is 0 Å². The Kier molecular flexibility index (Phi) is 20.3. The van der Waals surface area contributed by atoms with E-state index in [-0.39, 0.29) is 24.8 Å². The van der Waals surface area contributed by atoms with Crippen molar-refractivity contribution in [2.45, 2.75) is 52.5 Å². The summed E-state index contributed by atoms with van der Waals surface area (Å²) >= 11 is 0. The molecule has 0 saturated heterocycles. The Morgan fingerprint density at radius 3 is 2.21 bits per heavy atom. The summed E-state index contributed by atoms with van der Waals surface area (Å²) in [4.78, 5) is 2.61. The molecule has 1 rings (SSSR count). The van der Waals surface area contributed by atoms with Crippen LogP contribution >= 0.6 is 24.8 Å². The molecule has 0 bridgehead atoms. The number of ether oxygens (including phenoxy) is 2. The van der Waals surface area contributed by atoms with Crippen molar-refractivity contribution in [3.05, 3.63) is 36.4 Å². The Labute approximate surface area is 184 Å². The zero-order valence-corrected chi connectivity index (χ0v) is 19.5. The van der Waals surface area contributed by atoms with Gasteiger partial charge in [0.2, 0.25) is 0 Å². The second-order valence-corrected chi connectivity index (χ2v) is 6.66. The van der Waals surface area contributed by atoms with E-state index in [1.54, 1.807) is 13.2 Å². The quantitative estimate of drug-likeness (QED) is 0.275. The van der Waals surface area contributed by atoms with Crippen molar-refractivity contribution in [3.63, 3.8) is 0 Å². The number of benzene rings is 1. The second-order valence-electron chi connectivity index (χ2n) is 6.66. The Hall–Kier alpha value is -0.940. The average molecular weight is 435 g/mol. The molecule has 0 atom stereocenters. The summed E-state index contributed by atoms with van der Waals surface area (Å²) in [7, 11) is 1.68. The van der Waals surface area contributed by atoms with Gasteiger partial charge in [-0.15, -0.1) is 24.8 Å². The van der Waals surface area contributed by atoms with Crippen LogP contribution in [0.5, 0.6) is 11.5 Å². The first-order valence-corrected chi connectivity index (χ1v) is 10.1. The van der Waals surface area contributed by atoms with Gasteiger partial charge in [0.25, 0.3) is 0 Å². The fraction of sp³-hybridized carbons (Fsp3) is 0.636. The number of halogens is 2. The molecule has 0 fully saturated rings. The molecule has 0 aromatic heterocycles. The van der Waals surface area contributed by atoms with Crippen molar-refractivity contribution < 1.29 is 9.47 Å². The Morgan fingerprint density at radius 2 is 1.64 bits per heavy atom. The molecule has 0 aliphatic rings. The lowest BCUT2D eigenvalue weighted by molar-refractivity contribution is 0.261. The lowest BCUT2D eigenvalue weighted by atomic mass is 10.2. The molecule has 0 unspecified atom stereocenters. The number of hydrogen-bond donors (Lipinski definition) is 1. The molecule has 1 N–H and O–H groups in total. The van der Waals surface area contributed by atoms with Gasteiger partial charge in [-0.05, 0) is 63.1 Å². The molecule has 4 nitrogen and oxygen atoms in total. The normalized spacial score (nSPS) is 10.1. The summed E-state index contributed by atoms with van der Waals surface area (Å²) < 4.78 is 11.0. The molecule has 6 heteroatoms. The molecule has 164 valence electrons. The van der Waals surface area contributed by atoms with Crippen LogP contribution < -0.4 is 14.8 Å². The minimum absolute atomic E-state index is 0. The highest BCUT2D eigenvalue weighted by atomic mass is 35.5. The van der Waals surface area contributed by atoms with E-state index in [0.29, 0.717) is 6.61 Å². The molecule has 0 saturated carbocycles. The van der Waals surface area contributed by atoms with E-state index in [1.165, 1.54) is 57.3 Å². The second kappa shape index (κ2) is 19.4. The lowest BCUT2D eigenvalue weighted by Crippen LogP contribution is -2.29. The Balaban J connectivity index is 0. The van der Waals surface area contributed by atoms with Gasteiger partial charge in [0.05, 0.1) is 7.11 Å². The highest BCUT2D eigenvalue weighted by molar-refractivity contribution is 5.85. The topological polar surface area (TPSA) is 33.7 Å². The van der Waals surface area contributed by atoms with Crippen LogP contribution in [0.4, 0.5) is 0 Å². The van der Waals surface area contributed by atoms with Crippen LogP contribution in [-0.4, -0.2) is 44.8 Å². The summed E-state index contributed by atoms with van der Waals surface area (Å²) in [5.41, 5.74) is 1.21. The molecule has 0 spiro atoms. The van der Waals surface area contributed by atoms with Crippen molar-refractivity contribution >= 4 is 24.8 Å². The van der Waals surface area contributed by atoms with Gasteiger partial charge in [-0.1, -0.05) is 45.4 Å². The molecule has 0 aliphatic carbocycles. The largest absolute Gasteiger partial charge is 0.493 e. The smallest absolute Gasteiger partial charge is 0.161 e. The Morgan fingerprint density at radius 1 is 1.00 bits per heavy atom. The molecule has 0 radical (unpaired) electrons. The van der Waals surface area contributed by atoms with Crippen molar-refractivity contribution in [2.24, 2.45) is 0 Å². The van der Waals surface area contributed by atoms with E-state index in [4.69, 9.17) is 9.47 Å². The fourth-order valence-corrected chi connectivity index (χ4v) is 2.85. The zero-order chi connectivity index (χ0) is 19.0. The first-order valence-electron chi connectivity index (χ1n) is 10.1. The van der Waals surface area contributed by atoms with E-state index in [1.807, 2.05) is 12.1 Å². The molecule has 28 heavy (non-hydrogen) atoms. The summed E-state index contributed by atoms with van der Waals surface area (Å²) in [6.45, 7) is 14.2. The van der Waals surface area contributed by atoms with Gasteiger partial charge in [-0.25, -0.2) is 0 Å². The van der Waals surface area contributed by atoms with Crippen molar-refractivity contribution in [2.75, 3.05) is 39.9 Å². The average Bonchev–Trinajstić information content (AvgIpc) is 2.67. The summed E-state index contributed by atoms with van der Waals surface area (Å²) in [5.74, 6) is 1.54. The van der Waals surface area contributed by atoms with Crippen LogP contribution in [0.1, 0.15) is 51.5 Å². The number of methoxy groups -OCH3 is 1. The van der Waals surface area contributed by atoms with Gasteiger partial charge in [-0.2, -0.15) is 0 Å². The minimum atomic E-state index is 0. The summed E-state index contributed by atoms with van der Waals surface area (Å²) in [5, 5.41) is 3.54. The van der Waals surface area contributed by atoms with E-state index in [9.17, 15) is 0 Å². The number of nitrogens with zero attached hydrogens (tertiary/aromatic N) is 1. The number of nitrogens with one attached hydrogen (secondary N) is 1. The first-order chi connectivity index (χ1) is 12.7. The summed E-state index contributed by atoms with van der Waals surface area (Å²) in [6.07, 6.45) is 8.07. The van der Waals surface area contributed by atoms with E-state index >= 15 is 0 Å². The zero-order valence-electron chi connectivity index (χ0n) is 17.9. The molecule has 1 aromatic carbocycles. The third kappa shape index (κ3) is 12.5. The van der Waals surface area contributed by atoms with E-state index in [0.717, 1.165) is 24.6 Å². The maximum atomic E-state index is 5.60. The van der Waals surface area contributed by atoms with Gasteiger partial charge in [0.1, 0.15) is 6.61 Å². The molecular weight excluding hydrogens is 395 g/mol. The van der Waals surface area contributed by atoms with Gasteiger partial charge in [0, 0.05) is 6.54 Å². The standard InChI is InChI=1S/C22H38N2O2.2ClH/c1-5-8-14-24(15-9-6-2)16-10-13-23-19-20-11-12-21(26-17-7-3)22(18-20)25-4;;/h7,11-12,18,23H,3,5-6,8-10,13-17,19H2,1-2,4H3;2*1H. The monoisotopic (exact) mass is 434 g/mol. The minimum Gasteiger partial charge on any atom is -0.493 e. The number of unbranched alkanes of at least 4 members (excludes halogenated alkanes) is 2. The van der Waals surface area contributed by atoms with Gasteiger partial charge in [0.15, 0.2) is 11.5 Å². The van der Waals surface area contributed by atoms with Crippen molar-refractivity contribution in [3.8, 4) is 11.5 Å². The summed E-state index contributed by atoms with van der Waals surface area (Å²) in [6, 6.07) is 6.10. The van der Waals surface area contributed by atoms with Gasteiger partial charge in [-0.3, -0.25) is 0 Å². The number of rotatable bonds is 16. The maximum Gasteiger partial charge on any atom is 0.161 e. The molecule has 1 aromatic rings. The maximum absolute atomic E-state index is 5.60. The first kappa shape index (κ1) is 29.3. The van der Waals surface area contributed by atoms with Crippen LogP contribution in [0.2, 0.25) is 0 Å². The number of hydrogen-bond acceptors (Lipinski definition) is 4. The highest BCUT2D eigenvalue weighted by Gasteiger charge is 2.06. The highest BCUT2D eigenvalue weighted by Crippen LogP contribution is 2.28. The van der Waals surface area contributed by atoms with Crippen molar-refractivity contribution in [1.82, 2.24) is 10.2 Å². The fourth-order valence-electron chi connectivity index (χ4n) is 2.85. The predicted molar refractivity (Wildman–Crippen MR) is 126 cm³/mol. The molecule has 0 heterocycles. The van der Waals surface area contributed by atoms with Crippen molar-refractivity contribution in [1.29, 1.82) is 0 Å². The Bertz CT molecular complexity index is 493. The van der Waals surface area contributed by atoms with E-state index in [2.05, 4.69) is 36.7 Å². The molecular formula is C22H40Cl2N2O2. The van der Waals surface area contributed by atoms with Crippen LogP contribution in [0.15, 0.2) is 30.9 Å².